The maximum atomic E-state index is 13.2. The topological polar surface area (TPSA) is 175 Å². The molecule has 0 saturated carbocycles. The second-order valence-corrected chi connectivity index (χ2v) is 12.9. The number of carboxylic acids is 1. The van der Waals surface area contributed by atoms with Gasteiger partial charge < -0.3 is 45.1 Å². The first kappa shape index (κ1) is 41.0. The van der Waals surface area contributed by atoms with Gasteiger partial charge in [0.15, 0.2) is 0 Å². The molecular formula is C37H55NO10. The van der Waals surface area contributed by atoms with E-state index in [9.17, 15) is 30.0 Å². The van der Waals surface area contributed by atoms with E-state index in [1.165, 1.54) is 6.08 Å². The predicted octanol–water partition coefficient (Wildman–Crippen LogP) is 3.52. The Balaban J connectivity index is 2.01. The van der Waals surface area contributed by atoms with Gasteiger partial charge in [0.2, 0.25) is 11.7 Å². The summed E-state index contributed by atoms with van der Waals surface area (Å²) in [6.07, 6.45) is 16.5. The van der Waals surface area contributed by atoms with Gasteiger partial charge in [0, 0.05) is 37.5 Å². The number of rotatable bonds is 16. The van der Waals surface area contributed by atoms with Gasteiger partial charge in [-0.05, 0) is 25.8 Å². The molecule has 2 heterocycles. The molecule has 0 radical (unpaired) electrons. The molecule has 0 aliphatic carbocycles. The first-order valence-corrected chi connectivity index (χ1v) is 16.4. The number of aliphatic carboxylic acids is 1. The van der Waals surface area contributed by atoms with E-state index in [2.05, 4.69) is 5.32 Å². The molecule has 11 heteroatoms. The predicted molar refractivity (Wildman–Crippen MR) is 184 cm³/mol. The molecule has 0 bridgehead atoms. The summed E-state index contributed by atoms with van der Waals surface area (Å²) in [4.78, 5) is 23.8. The Kier molecular flexibility index (Phi) is 16.4. The number of allylic oxidation sites excluding steroid dienone is 9. The summed E-state index contributed by atoms with van der Waals surface area (Å²) >= 11 is 0. The minimum absolute atomic E-state index is 0.0913. The molecule has 268 valence electrons. The Morgan fingerprint density at radius 2 is 1.69 bits per heavy atom. The monoisotopic (exact) mass is 673 g/mol. The smallest absolute Gasteiger partial charge is 0.328 e. The van der Waals surface area contributed by atoms with Crippen molar-refractivity contribution in [3.05, 3.63) is 84.6 Å². The lowest BCUT2D eigenvalue weighted by Crippen LogP contribution is -2.69. The van der Waals surface area contributed by atoms with Crippen LogP contribution in [0.3, 0.4) is 0 Å². The highest BCUT2D eigenvalue weighted by molar-refractivity contribution is 5.80. The van der Waals surface area contributed by atoms with Crippen LogP contribution in [0.15, 0.2) is 84.6 Å². The van der Waals surface area contributed by atoms with Crippen LogP contribution in [0, 0.1) is 17.3 Å². The van der Waals surface area contributed by atoms with Crippen LogP contribution in [0.1, 0.15) is 54.4 Å². The van der Waals surface area contributed by atoms with Crippen LogP contribution >= 0.6 is 0 Å². The number of aliphatic hydroxyl groups is 4. The SMILES string of the molecule is C/C=C\C=C\[C@@H]1O[C@](O)([C@H](CC)C(=O)NC/C=C/C=C(\C)[C@H](OC)[C@@H](C)[C@H]2C[C@@H](O)[C@H](/C=C/C=C/C=C/C(=O)O)O2)[C@@H](O)[C@H](O)C1(C)C. The number of nitrogens with one attached hydrogen (secondary N) is 1. The van der Waals surface area contributed by atoms with Crippen molar-refractivity contribution in [3.63, 3.8) is 0 Å². The van der Waals surface area contributed by atoms with E-state index >= 15 is 0 Å². The minimum atomic E-state index is -2.30. The maximum Gasteiger partial charge on any atom is 0.328 e. The molecule has 1 amide bonds. The fourth-order valence-corrected chi connectivity index (χ4v) is 6.09. The molecule has 2 fully saturated rings. The normalized spacial score (nSPS) is 31.9. The van der Waals surface area contributed by atoms with Crippen LogP contribution < -0.4 is 5.32 Å². The van der Waals surface area contributed by atoms with Gasteiger partial charge >= 0.3 is 5.97 Å². The highest BCUT2D eigenvalue weighted by Crippen LogP contribution is 2.44. The molecular weight excluding hydrogens is 618 g/mol. The number of hydrogen-bond donors (Lipinski definition) is 6. The number of hydrogen-bond acceptors (Lipinski definition) is 9. The molecule has 0 spiro atoms. The molecule has 2 aliphatic rings. The van der Waals surface area contributed by atoms with E-state index in [-0.39, 0.29) is 31.1 Å². The van der Waals surface area contributed by atoms with Crippen molar-refractivity contribution in [2.45, 2.75) is 103 Å². The maximum absolute atomic E-state index is 13.2. The van der Waals surface area contributed by atoms with Crippen molar-refractivity contribution in [3.8, 4) is 0 Å². The fraction of sp³-hybridized carbons (Fsp3) is 0.568. The van der Waals surface area contributed by atoms with Crippen LogP contribution in [0.4, 0.5) is 0 Å². The van der Waals surface area contributed by atoms with E-state index < -0.39 is 59.5 Å². The number of ether oxygens (including phenoxy) is 3. The first-order valence-electron chi connectivity index (χ1n) is 16.4. The third-order valence-electron chi connectivity index (χ3n) is 9.06. The Morgan fingerprint density at radius 1 is 1.02 bits per heavy atom. The summed E-state index contributed by atoms with van der Waals surface area (Å²) in [5.74, 6) is -5.10. The summed E-state index contributed by atoms with van der Waals surface area (Å²) in [6.45, 7) is 11.1. The number of carbonyl (C=O) groups is 2. The standard InChI is InChI=1S/C37H55NO10/c1-8-10-13-20-30-36(5,6)33(42)34(43)37(45,48-30)26(9-2)35(44)38-22-17-16-18-24(3)32(46-7)25(4)29-23-27(39)28(47-29)19-14-11-12-15-21-31(40)41/h8,10-21,25-30,32-34,39,42-43,45H,9,22-23H2,1-7H3,(H,38,44)(H,40,41)/b10-8-,12-11+,17-16+,19-14+,20-13+,21-15+,24-18+/t25-,26+,27+,28-,29+,30-,32-,33-,34-,37+/m0/s1. The first-order chi connectivity index (χ1) is 22.6. The molecule has 2 saturated heterocycles. The van der Waals surface area contributed by atoms with Crippen LogP contribution in [0.2, 0.25) is 0 Å². The van der Waals surface area contributed by atoms with Gasteiger partial charge in [0.05, 0.1) is 36.4 Å². The second-order valence-electron chi connectivity index (χ2n) is 12.9. The Labute approximate surface area is 284 Å². The third kappa shape index (κ3) is 10.7. The van der Waals surface area contributed by atoms with Crippen molar-refractivity contribution in [1.82, 2.24) is 5.32 Å². The van der Waals surface area contributed by atoms with E-state index in [0.29, 0.717) is 6.42 Å². The fourth-order valence-electron chi connectivity index (χ4n) is 6.09. The largest absolute Gasteiger partial charge is 0.478 e. The number of aliphatic hydroxyl groups excluding tert-OH is 3. The van der Waals surface area contributed by atoms with Crippen molar-refractivity contribution >= 4 is 11.9 Å². The zero-order valence-electron chi connectivity index (χ0n) is 29.1. The number of amides is 1. The van der Waals surface area contributed by atoms with Crippen molar-refractivity contribution in [1.29, 1.82) is 0 Å². The molecule has 48 heavy (non-hydrogen) atoms. The third-order valence-corrected chi connectivity index (χ3v) is 9.06. The highest BCUT2D eigenvalue weighted by atomic mass is 16.7. The van der Waals surface area contributed by atoms with Gasteiger partial charge in [-0.25, -0.2) is 4.79 Å². The molecule has 2 rings (SSSR count). The summed E-state index contributed by atoms with van der Waals surface area (Å²) in [5.41, 5.74) is -0.0158. The number of carboxylic acid groups (broad SMARTS) is 1. The van der Waals surface area contributed by atoms with Crippen molar-refractivity contribution in [2.75, 3.05) is 13.7 Å². The van der Waals surface area contributed by atoms with E-state index in [4.69, 9.17) is 19.3 Å². The van der Waals surface area contributed by atoms with Gasteiger partial charge in [0.25, 0.3) is 0 Å². The van der Waals surface area contributed by atoms with E-state index in [0.717, 1.165) is 11.6 Å². The van der Waals surface area contributed by atoms with Gasteiger partial charge in [0.1, 0.15) is 12.2 Å². The van der Waals surface area contributed by atoms with Gasteiger partial charge in [-0.15, -0.1) is 0 Å². The molecule has 11 nitrogen and oxygen atoms in total. The zero-order valence-corrected chi connectivity index (χ0v) is 29.1. The zero-order chi connectivity index (χ0) is 36.1. The molecule has 0 unspecified atom stereocenters. The van der Waals surface area contributed by atoms with E-state index in [1.807, 2.05) is 32.9 Å². The van der Waals surface area contributed by atoms with Gasteiger partial charge in [-0.1, -0.05) is 101 Å². The lowest BCUT2D eigenvalue weighted by molar-refractivity contribution is -0.359. The van der Waals surface area contributed by atoms with Crippen LogP contribution in [0.25, 0.3) is 0 Å². The molecule has 2 aliphatic heterocycles. The molecule has 0 aromatic carbocycles. The van der Waals surface area contributed by atoms with Crippen molar-refractivity contribution < 1.29 is 49.3 Å². The van der Waals surface area contributed by atoms with Crippen LogP contribution in [0.5, 0.6) is 0 Å². The number of methoxy groups -OCH3 is 1. The Hall–Kier alpha value is -3.16. The lowest BCUT2D eigenvalue weighted by atomic mass is 9.71. The van der Waals surface area contributed by atoms with Gasteiger partial charge in [-0.2, -0.15) is 0 Å². The Morgan fingerprint density at radius 3 is 2.31 bits per heavy atom. The van der Waals surface area contributed by atoms with Crippen LogP contribution in [-0.4, -0.2) is 99.6 Å². The van der Waals surface area contributed by atoms with Gasteiger partial charge in [-0.3, -0.25) is 4.79 Å². The molecule has 0 aromatic rings. The quantitative estimate of drug-likeness (QED) is 0.105. The summed E-state index contributed by atoms with van der Waals surface area (Å²) in [6, 6.07) is 0. The highest BCUT2D eigenvalue weighted by Gasteiger charge is 2.60. The van der Waals surface area contributed by atoms with Crippen LogP contribution in [-0.2, 0) is 23.8 Å². The lowest BCUT2D eigenvalue weighted by Gasteiger charge is -2.53. The minimum Gasteiger partial charge on any atom is -0.478 e. The Bertz CT molecular complexity index is 1260. The van der Waals surface area contributed by atoms with E-state index in [1.54, 1.807) is 82.6 Å². The summed E-state index contributed by atoms with van der Waals surface area (Å²) in [7, 11) is 1.61. The second kappa shape index (κ2) is 19.1. The average molecular weight is 674 g/mol. The average Bonchev–Trinajstić information content (AvgIpc) is 3.41. The number of carbonyl (C=O) groups excluding carboxylic acids is 1. The summed E-state index contributed by atoms with van der Waals surface area (Å²) in [5, 5.41) is 55.3. The molecule has 10 atom stereocenters. The molecule has 6 N–H and O–H groups in total. The molecule has 0 aromatic heterocycles. The summed E-state index contributed by atoms with van der Waals surface area (Å²) < 4.78 is 17.9. The van der Waals surface area contributed by atoms with Crippen molar-refractivity contribution in [2.24, 2.45) is 17.3 Å².